The summed E-state index contributed by atoms with van der Waals surface area (Å²) in [6, 6.07) is 6.35. The first-order valence-electron chi connectivity index (χ1n) is 11.2. The van der Waals surface area contributed by atoms with Crippen molar-refractivity contribution in [1.29, 1.82) is 0 Å². The highest BCUT2D eigenvalue weighted by Crippen LogP contribution is 2.33. The van der Waals surface area contributed by atoms with Gasteiger partial charge in [0.25, 0.3) is 0 Å². The molecule has 1 aromatic carbocycles. The Morgan fingerprint density at radius 1 is 1.03 bits per heavy atom. The SMILES string of the molecule is NCCCCCCNC(=O)Cc1cc2ccc([C@@H]3O[C@H](CO)[C@H](O)[C@H](O)[C@H]3O)cc2oc1=O. The maximum atomic E-state index is 12.4. The summed E-state index contributed by atoms with van der Waals surface area (Å²) in [5, 5.41) is 43.0. The second-order valence-corrected chi connectivity index (χ2v) is 8.34. The van der Waals surface area contributed by atoms with E-state index >= 15 is 0 Å². The summed E-state index contributed by atoms with van der Waals surface area (Å²) < 4.78 is 10.9. The number of aliphatic hydroxyl groups is 4. The van der Waals surface area contributed by atoms with Crippen LogP contribution in [-0.4, -0.2) is 70.4 Å². The minimum absolute atomic E-state index is 0.102. The number of nitrogens with one attached hydrogen (secondary N) is 1. The molecule has 0 aliphatic carbocycles. The van der Waals surface area contributed by atoms with Crippen LogP contribution in [0.25, 0.3) is 11.0 Å². The van der Waals surface area contributed by atoms with Crippen LogP contribution in [0.4, 0.5) is 0 Å². The number of rotatable bonds is 10. The van der Waals surface area contributed by atoms with E-state index in [9.17, 15) is 30.0 Å². The van der Waals surface area contributed by atoms with Crippen LogP contribution in [0.2, 0.25) is 0 Å². The fourth-order valence-corrected chi connectivity index (χ4v) is 3.93. The van der Waals surface area contributed by atoms with E-state index in [1.807, 2.05) is 0 Å². The third kappa shape index (κ3) is 6.17. The van der Waals surface area contributed by atoms with Gasteiger partial charge in [-0.1, -0.05) is 25.0 Å². The molecule has 0 spiro atoms. The van der Waals surface area contributed by atoms with Gasteiger partial charge >= 0.3 is 5.63 Å². The highest BCUT2D eigenvalue weighted by molar-refractivity contribution is 5.82. The summed E-state index contributed by atoms with van der Waals surface area (Å²) in [5.74, 6) is -0.265. The van der Waals surface area contributed by atoms with Crippen molar-refractivity contribution in [2.24, 2.45) is 5.73 Å². The smallest absolute Gasteiger partial charge is 0.339 e. The number of fused-ring (bicyclic) bond motifs is 1. The van der Waals surface area contributed by atoms with Gasteiger partial charge in [-0.05, 0) is 37.1 Å². The number of carbonyl (C=O) groups is 1. The Kier molecular flexibility index (Phi) is 8.95. The molecule has 0 radical (unpaired) electrons. The summed E-state index contributed by atoms with van der Waals surface area (Å²) in [7, 11) is 0. The monoisotopic (exact) mass is 464 g/mol. The molecule has 2 aromatic rings. The summed E-state index contributed by atoms with van der Waals surface area (Å²) in [6.45, 7) is 0.655. The van der Waals surface area contributed by atoms with Crippen LogP contribution in [-0.2, 0) is 16.0 Å². The average Bonchev–Trinajstić information content (AvgIpc) is 2.80. The summed E-state index contributed by atoms with van der Waals surface area (Å²) in [5.41, 5.74) is 5.66. The number of carbonyl (C=O) groups excluding carboxylic acids is 1. The highest BCUT2D eigenvalue weighted by atomic mass is 16.5. The Labute approximate surface area is 191 Å². The van der Waals surface area contributed by atoms with Crippen molar-refractivity contribution in [2.45, 2.75) is 62.6 Å². The van der Waals surface area contributed by atoms with E-state index in [0.29, 0.717) is 24.0 Å². The Morgan fingerprint density at radius 3 is 2.52 bits per heavy atom. The molecule has 33 heavy (non-hydrogen) atoms. The number of benzene rings is 1. The van der Waals surface area contributed by atoms with Gasteiger partial charge in [-0.15, -0.1) is 0 Å². The number of hydrogen-bond acceptors (Lipinski definition) is 9. The number of amides is 1. The molecular formula is C23H32N2O8. The Morgan fingerprint density at radius 2 is 1.79 bits per heavy atom. The van der Waals surface area contributed by atoms with Crippen LogP contribution in [0.3, 0.4) is 0 Å². The van der Waals surface area contributed by atoms with Gasteiger partial charge in [-0.3, -0.25) is 4.79 Å². The van der Waals surface area contributed by atoms with Gasteiger partial charge in [0.1, 0.15) is 36.1 Å². The lowest BCUT2D eigenvalue weighted by molar-refractivity contribution is -0.231. The lowest BCUT2D eigenvalue weighted by atomic mass is 9.91. The van der Waals surface area contributed by atoms with E-state index in [1.54, 1.807) is 18.2 Å². The Balaban J connectivity index is 1.69. The maximum absolute atomic E-state index is 12.4. The first-order chi connectivity index (χ1) is 15.8. The second kappa shape index (κ2) is 11.7. The summed E-state index contributed by atoms with van der Waals surface area (Å²) >= 11 is 0. The summed E-state index contributed by atoms with van der Waals surface area (Å²) in [4.78, 5) is 24.6. The first-order valence-corrected chi connectivity index (χ1v) is 11.2. The third-order valence-corrected chi connectivity index (χ3v) is 5.86. The van der Waals surface area contributed by atoms with Gasteiger partial charge in [0.2, 0.25) is 5.91 Å². The molecule has 10 nitrogen and oxygen atoms in total. The predicted octanol–water partition coefficient (Wildman–Crippen LogP) is -0.514. The molecule has 1 aliphatic heterocycles. The zero-order chi connectivity index (χ0) is 24.0. The predicted molar refractivity (Wildman–Crippen MR) is 119 cm³/mol. The molecule has 1 amide bonds. The van der Waals surface area contributed by atoms with E-state index in [4.69, 9.17) is 14.9 Å². The van der Waals surface area contributed by atoms with Crippen molar-refractivity contribution in [2.75, 3.05) is 19.7 Å². The molecule has 7 N–H and O–H groups in total. The van der Waals surface area contributed by atoms with Gasteiger partial charge in [-0.2, -0.15) is 0 Å². The topological polar surface area (TPSA) is 175 Å². The first kappa shape index (κ1) is 25.3. The van der Waals surface area contributed by atoms with Crippen molar-refractivity contribution in [3.63, 3.8) is 0 Å². The number of aliphatic hydroxyl groups excluding tert-OH is 4. The standard InChI is InChI=1S/C23H32N2O8/c24-7-3-1-2-4-8-25-18(27)11-15-9-13-5-6-14(10-16(13)33-23(15)31)22-21(30)20(29)19(28)17(12-26)32-22/h5-6,9-10,17,19-22,26,28-30H,1-4,7-8,11-12,24H2,(H,25,27)/t17-,19+,20+,21-,22+/m1/s1. The fraction of sp³-hybridized carbons (Fsp3) is 0.565. The molecule has 1 saturated heterocycles. The van der Waals surface area contributed by atoms with Crippen LogP contribution in [0.1, 0.15) is 42.9 Å². The Bertz CT molecular complexity index is 992. The van der Waals surface area contributed by atoms with Crippen molar-refractivity contribution in [1.82, 2.24) is 5.32 Å². The van der Waals surface area contributed by atoms with Gasteiger partial charge < -0.3 is 40.6 Å². The molecule has 2 heterocycles. The molecule has 10 heteroatoms. The number of unbranched alkanes of at least 4 members (excludes halogenated alkanes) is 3. The van der Waals surface area contributed by atoms with E-state index in [-0.39, 0.29) is 23.5 Å². The molecule has 1 fully saturated rings. The average molecular weight is 465 g/mol. The third-order valence-electron chi connectivity index (χ3n) is 5.86. The molecule has 3 rings (SSSR count). The van der Waals surface area contributed by atoms with Crippen molar-refractivity contribution < 1.29 is 34.4 Å². The van der Waals surface area contributed by atoms with Crippen LogP contribution < -0.4 is 16.7 Å². The van der Waals surface area contributed by atoms with Crippen molar-refractivity contribution in [3.05, 3.63) is 45.8 Å². The van der Waals surface area contributed by atoms with Gasteiger partial charge in [0, 0.05) is 17.5 Å². The second-order valence-electron chi connectivity index (χ2n) is 8.34. The number of hydrogen-bond donors (Lipinski definition) is 6. The van der Waals surface area contributed by atoms with Crippen LogP contribution in [0.15, 0.2) is 33.5 Å². The molecule has 0 saturated carbocycles. The zero-order valence-electron chi connectivity index (χ0n) is 18.4. The maximum Gasteiger partial charge on any atom is 0.339 e. The normalized spacial score (nSPS) is 25.3. The van der Waals surface area contributed by atoms with E-state index < -0.39 is 42.8 Å². The van der Waals surface area contributed by atoms with E-state index in [1.165, 1.54) is 6.07 Å². The number of nitrogens with two attached hydrogens (primary N) is 1. The summed E-state index contributed by atoms with van der Waals surface area (Å²) in [6.07, 6.45) is -2.78. The lowest BCUT2D eigenvalue weighted by Crippen LogP contribution is -2.55. The van der Waals surface area contributed by atoms with Gasteiger partial charge in [-0.25, -0.2) is 4.79 Å². The van der Waals surface area contributed by atoms with E-state index in [2.05, 4.69) is 5.32 Å². The minimum atomic E-state index is -1.51. The highest BCUT2D eigenvalue weighted by Gasteiger charge is 2.44. The molecular weight excluding hydrogens is 432 g/mol. The van der Waals surface area contributed by atoms with Crippen LogP contribution in [0, 0.1) is 0 Å². The minimum Gasteiger partial charge on any atom is -0.423 e. The Hall–Kier alpha value is -2.34. The van der Waals surface area contributed by atoms with Crippen LogP contribution in [0.5, 0.6) is 0 Å². The quantitative estimate of drug-likeness (QED) is 0.200. The molecule has 1 aromatic heterocycles. The van der Waals surface area contributed by atoms with Gasteiger partial charge in [0.05, 0.1) is 13.0 Å². The van der Waals surface area contributed by atoms with Gasteiger partial charge in [0.15, 0.2) is 0 Å². The zero-order valence-corrected chi connectivity index (χ0v) is 18.4. The fourth-order valence-electron chi connectivity index (χ4n) is 3.93. The van der Waals surface area contributed by atoms with Crippen molar-refractivity contribution >= 4 is 16.9 Å². The molecule has 5 atom stereocenters. The molecule has 182 valence electrons. The largest absolute Gasteiger partial charge is 0.423 e. The van der Waals surface area contributed by atoms with E-state index in [0.717, 1.165) is 25.7 Å². The van der Waals surface area contributed by atoms with Crippen molar-refractivity contribution in [3.8, 4) is 0 Å². The van der Waals surface area contributed by atoms with Crippen LogP contribution >= 0.6 is 0 Å². The molecule has 1 aliphatic rings. The molecule has 0 unspecified atom stereocenters. The number of ether oxygens (including phenoxy) is 1. The lowest BCUT2D eigenvalue weighted by Gasteiger charge is -2.40. The molecule has 0 bridgehead atoms.